The first kappa shape index (κ1) is 13.9. The van der Waals surface area contributed by atoms with E-state index in [-0.39, 0.29) is 11.4 Å². The van der Waals surface area contributed by atoms with Crippen LogP contribution in [0.2, 0.25) is 0 Å². The second kappa shape index (κ2) is 6.42. The highest BCUT2D eigenvalue weighted by molar-refractivity contribution is 7.66. The molecule has 10 heteroatoms. The zero-order valence-corrected chi connectivity index (χ0v) is 8.44. The fraction of sp³-hybridized carbons (Fsp3) is 0. The molecule has 0 bridgehead atoms. The minimum Gasteiger partial charge on any atom is -0.288 e. The van der Waals surface area contributed by atoms with Crippen LogP contribution >= 0.6 is 0 Å². The van der Waals surface area contributed by atoms with Crippen LogP contribution in [0.15, 0.2) is 24.3 Å². The molecule has 0 saturated carbocycles. The molecule has 1 aromatic rings. The number of nitrogens with zero attached hydrogens (tertiary/aromatic N) is 2. The highest BCUT2D eigenvalue weighted by atomic mass is 32.2. The summed E-state index contributed by atoms with van der Waals surface area (Å²) in [5, 5.41) is 20.2. The minimum absolute atomic E-state index is 0.152. The summed E-state index contributed by atoms with van der Waals surface area (Å²) in [5.41, 5.74) is -0.304. The molecular weight excluding hydrogens is 244 g/mol. The van der Waals surface area contributed by atoms with Crippen molar-refractivity contribution in [1.29, 1.82) is 0 Å². The predicted molar refractivity (Wildman–Crippen MR) is 52.7 cm³/mol. The number of non-ortho nitro benzene ring substituents is 2. The summed E-state index contributed by atoms with van der Waals surface area (Å²) in [6, 6.07) is 4.38. The number of hydrogen-bond acceptors (Lipinski definition) is 6. The molecule has 0 aliphatic carbocycles. The summed E-state index contributed by atoms with van der Waals surface area (Å²) < 4.78 is 24.2. The number of thiol groups is 1. The molecule has 1 N–H and O–H groups in total. The van der Waals surface area contributed by atoms with E-state index in [1.807, 2.05) is 0 Å². The molecule has 0 amide bonds. The number of benzene rings is 1. The van der Waals surface area contributed by atoms with Crippen LogP contribution in [0.4, 0.5) is 11.4 Å². The summed E-state index contributed by atoms with van der Waals surface area (Å²) in [7, 11) is -3.12. The Morgan fingerprint density at radius 2 is 1.12 bits per heavy atom. The maximum Gasteiger partial charge on any atom is 0.269 e. The van der Waals surface area contributed by atoms with Gasteiger partial charge in [-0.05, 0) is 0 Å². The van der Waals surface area contributed by atoms with Crippen molar-refractivity contribution in [3.8, 4) is 0 Å². The zero-order chi connectivity index (χ0) is 12.7. The average molecular weight is 250 g/mol. The van der Waals surface area contributed by atoms with E-state index in [2.05, 4.69) is 0 Å². The quantitative estimate of drug-likeness (QED) is 0.338. The van der Waals surface area contributed by atoms with Gasteiger partial charge >= 0.3 is 0 Å². The van der Waals surface area contributed by atoms with Gasteiger partial charge in [-0.3, -0.25) is 24.8 Å². The van der Waals surface area contributed by atoms with Gasteiger partial charge in [0.15, 0.2) is 0 Å². The van der Waals surface area contributed by atoms with Crippen LogP contribution in [0.1, 0.15) is 0 Å². The van der Waals surface area contributed by atoms with E-state index in [1.165, 1.54) is 0 Å². The Morgan fingerprint density at radius 3 is 1.25 bits per heavy atom. The first-order chi connectivity index (χ1) is 7.34. The van der Waals surface area contributed by atoms with E-state index in [0.29, 0.717) is 0 Å². The van der Waals surface area contributed by atoms with Gasteiger partial charge in [0, 0.05) is 24.3 Å². The fourth-order valence-corrected chi connectivity index (χ4v) is 0.696. The van der Waals surface area contributed by atoms with Crippen LogP contribution < -0.4 is 0 Å². The highest BCUT2D eigenvalue weighted by Crippen LogP contribution is 2.16. The van der Waals surface area contributed by atoms with Crippen LogP contribution in [-0.4, -0.2) is 22.8 Å². The van der Waals surface area contributed by atoms with Crippen molar-refractivity contribution in [2.45, 2.75) is 0 Å². The summed E-state index contributed by atoms with van der Waals surface area (Å²) in [4.78, 5) is 19.0. The lowest BCUT2D eigenvalue weighted by molar-refractivity contribution is -0.389. The Labute approximate surface area is 90.4 Å². The molecule has 0 aromatic heterocycles. The molecular formula is C6H6N2O7S. The number of rotatable bonds is 2. The van der Waals surface area contributed by atoms with Crippen LogP contribution in [-0.2, 0) is 11.0 Å². The Kier molecular flexibility index (Phi) is 5.59. The van der Waals surface area contributed by atoms with Crippen LogP contribution in [0.25, 0.3) is 0 Å². The Balaban J connectivity index is 0.000000487. The van der Waals surface area contributed by atoms with Crippen molar-refractivity contribution in [2.24, 2.45) is 0 Å². The Hall–Kier alpha value is -2.07. The standard InChI is InChI=1S/C6H4N2O4.H2O3S/c9-7(10)5-1-2-6(4-3-5)8(11)12;1-4(2)3/h1-4H;4H,(H,1,2,3). The maximum absolute atomic E-state index is 10.1. The van der Waals surface area contributed by atoms with Gasteiger partial charge in [-0.1, -0.05) is 0 Å². The van der Waals surface area contributed by atoms with Crippen LogP contribution in [0, 0.1) is 20.2 Å². The maximum atomic E-state index is 10.1. The SMILES string of the molecule is O=[N+]([O-])c1ccc([N+](=O)[O-])cc1.O=[SH](=O)O. The lowest BCUT2D eigenvalue weighted by Crippen LogP contribution is -1.90. The smallest absolute Gasteiger partial charge is 0.269 e. The molecule has 0 aliphatic rings. The highest BCUT2D eigenvalue weighted by Gasteiger charge is 2.08. The van der Waals surface area contributed by atoms with E-state index in [4.69, 9.17) is 13.0 Å². The van der Waals surface area contributed by atoms with Crippen molar-refractivity contribution in [1.82, 2.24) is 0 Å². The first-order valence-corrected chi connectivity index (χ1v) is 4.69. The Bertz CT molecular complexity index is 411. The molecule has 16 heavy (non-hydrogen) atoms. The van der Waals surface area contributed by atoms with Crippen molar-refractivity contribution < 1.29 is 22.8 Å². The van der Waals surface area contributed by atoms with Gasteiger partial charge in [0.1, 0.15) is 0 Å². The molecule has 0 atom stereocenters. The molecule has 9 nitrogen and oxygen atoms in total. The van der Waals surface area contributed by atoms with Gasteiger partial charge < -0.3 is 0 Å². The molecule has 0 unspecified atom stereocenters. The van der Waals surface area contributed by atoms with Crippen molar-refractivity contribution in [2.75, 3.05) is 0 Å². The third-order valence-corrected chi connectivity index (χ3v) is 1.27. The van der Waals surface area contributed by atoms with Gasteiger partial charge in [-0.25, -0.2) is 8.42 Å². The van der Waals surface area contributed by atoms with Gasteiger partial charge in [-0.2, -0.15) is 0 Å². The molecule has 88 valence electrons. The normalized spacial score (nSPS) is 9.12. The largest absolute Gasteiger partial charge is 0.288 e. The van der Waals surface area contributed by atoms with Gasteiger partial charge in [0.2, 0.25) is 0 Å². The molecule has 0 spiro atoms. The lowest BCUT2D eigenvalue weighted by Gasteiger charge is -1.90. The number of nitro groups is 2. The van der Waals surface area contributed by atoms with E-state index in [9.17, 15) is 20.2 Å². The van der Waals surface area contributed by atoms with Crippen molar-refractivity contribution >= 4 is 22.4 Å². The summed E-state index contributed by atoms with van der Waals surface area (Å²) >= 11 is 0. The number of hydrogen-bond donors (Lipinski definition) is 2. The van der Waals surface area contributed by atoms with Gasteiger partial charge in [-0.15, -0.1) is 0 Å². The molecule has 0 radical (unpaired) electrons. The first-order valence-electron chi connectivity index (χ1n) is 3.56. The average Bonchev–Trinajstić information content (AvgIpc) is 2.17. The molecule has 1 rings (SSSR count). The molecule has 0 fully saturated rings. The second-order valence-electron chi connectivity index (χ2n) is 2.27. The van der Waals surface area contributed by atoms with Gasteiger partial charge in [0.05, 0.1) is 9.85 Å². The lowest BCUT2D eigenvalue weighted by atomic mass is 10.3. The number of nitro benzene ring substituents is 2. The monoisotopic (exact) mass is 250 g/mol. The minimum atomic E-state index is -3.12. The summed E-state index contributed by atoms with van der Waals surface area (Å²) in [5.74, 6) is 0. The Morgan fingerprint density at radius 1 is 0.938 bits per heavy atom. The fourth-order valence-electron chi connectivity index (χ4n) is 0.696. The van der Waals surface area contributed by atoms with E-state index >= 15 is 0 Å². The second-order valence-corrected chi connectivity index (χ2v) is 2.74. The van der Waals surface area contributed by atoms with E-state index in [1.54, 1.807) is 0 Å². The van der Waals surface area contributed by atoms with Gasteiger partial charge in [0.25, 0.3) is 22.4 Å². The molecule has 0 aliphatic heterocycles. The molecule has 1 aromatic carbocycles. The van der Waals surface area contributed by atoms with E-state index in [0.717, 1.165) is 24.3 Å². The zero-order valence-electron chi connectivity index (χ0n) is 7.55. The van der Waals surface area contributed by atoms with E-state index < -0.39 is 20.8 Å². The molecule has 0 saturated heterocycles. The van der Waals surface area contributed by atoms with Crippen LogP contribution in [0.3, 0.4) is 0 Å². The topological polar surface area (TPSA) is 141 Å². The van der Waals surface area contributed by atoms with Crippen molar-refractivity contribution in [3.63, 3.8) is 0 Å². The third kappa shape index (κ3) is 5.62. The third-order valence-electron chi connectivity index (χ3n) is 1.27. The summed E-state index contributed by atoms with van der Waals surface area (Å²) in [6.07, 6.45) is 0. The predicted octanol–water partition coefficient (Wildman–Crippen LogP) is 0.574. The van der Waals surface area contributed by atoms with Crippen LogP contribution in [0.5, 0.6) is 0 Å². The summed E-state index contributed by atoms with van der Waals surface area (Å²) in [6.45, 7) is 0. The van der Waals surface area contributed by atoms with Crippen molar-refractivity contribution in [3.05, 3.63) is 44.5 Å². The molecule has 0 heterocycles.